The van der Waals surface area contributed by atoms with Crippen LogP contribution < -0.4 is 0 Å². The number of ether oxygens (including phenoxy) is 1. The predicted molar refractivity (Wildman–Crippen MR) is 82.0 cm³/mol. The van der Waals surface area contributed by atoms with Crippen molar-refractivity contribution in [2.24, 2.45) is 17.8 Å². The molecule has 0 radical (unpaired) electrons. The molecule has 0 amide bonds. The second-order valence-corrected chi connectivity index (χ2v) is 6.08. The van der Waals surface area contributed by atoms with Gasteiger partial charge in [0.05, 0.1) is 13.0 Å². The molecule has 0 unspecified atom stereocenters. The topological polar surface area (TPSA) is 26.3 Å². The summed E-state index contributed by atoms with van der Waals surface area (Å²) in [4.78, 5) is 11.3. The minimum absolute atomic E-state index is 0.0929. The maximum Gasteiger partial charge on any atom is 0.306 e. The third kappa shape index (κ3) is 12.0. The number of hydrogen-bond acceptors (Lipinski definition) is 2. The smallest absolute Gasteiger partial charge is 0.306 e. The molecule has 0 aliphatic carbocycles. The van der Waals surface area contributed by atoms with E-state index in [0.717, 1.165) is 18.3 Å². The Kier molecular flexibility index (Phi) is 10.6. The maximum absolute atomic E-state index is 11.3. The largest absolute Gasteiger partial charge is 0.466 e. The standard InChI is InChI=1S/C17H32O2/c1-6-19-17(18)13-16(5)12-8-11-15(4)10-7-9-14(2)3/h8,12,14-16H,6-7,9-11,13H2,1-5H3/b12-8+/t15-,16+/m1/s1. The zero-order chi connectivity index (χ0) is 14.7. The molecule has 0 spiro atoms. The number of esters is 1. The Bertz CT molecular complexity index is 256. The summed E-state index contributed by atoms with van der Waals surface area (Å²) in [6.45, 7) is 11.3. The Hall–Kier alpha value is -0.790. The molecular weight excluding hydrogens is 236 g/mol. The van der Waals surface area contributed by atoms with Gasteiger partial charge >= 0.3 is 5.97 Å². The number of hydrogen-bond donors (Lipinski definition) is 0. The summed E-state index contributed by atoms with van der Waals surface area (Å²) in [6.07, 6.45) is 9.93. The fourth-order valence-electron chi connectivity index (χ4n) is 2.09. The lowest BCUT2D eigenvalue weighted by atomic mass is 9.96. The van der Waals surface area contributed by atoms with Gasteiger partial charge in [-0.1, -0.05) is 59.1 Å². The van der Waals surface area contributed by atoms with Gasteiger partial charge in [0.15, 0.2) is 0 Å². The van der Waals surface area contributed by atoms with Crippen LogP contribution in [0.4, 0.5) is 0 Å². The summed E-state index contributed by atoms with van der Waals surface area (Å²) in [6, 6.07) is 0. The van der Waals surface area contributed by atoms with Gasteiger partial charge in [0.1, 0.15) is 0 Å². The molecule has 2 atom stereocenters. The van der Waals surface area contributed by atoms with Crippen LogP contribution in [0.25, 0.3) is 0 Å². The van der Waals surface area contributed by atoms with E-state index in [2.05, 4.69) is 39.8 Å². The van der Waals surface area contributed by atoms with Gasteiger partial charge < -0.3 is 4.74 Å². The molecule has 0 aliphatic rings. The molecule has 0 fully saturated rings. The monoisotopic (exact) mass is 268 g/mol. The summed E-state index contributed by atoms with van der Waals surface area (Å²) in [5.41, 5.74) is 0. The normalized spacial score (nSPS) is 14.8. The molecule has 0 aliphatic heterocycles. The molecule has 0 N–H and O–H groups in total. The van der Waals surface area contributed by atoms with Crippen LogP contribution in [-0.2, 0) is 9.53 Å². The van der Waals surface area contributed by atoms with Crippen LogP contribution in [-0.4, -0.2) is 12.6 Å². The lowest BCUT2D eigenvalue weighted by Crippen LogP contribution is -2.07. The zero-order valence-corrected chi connectivity index (χ0v) is 13.4. The van der Waals surface area contributed by atoms with Crippen molar-refractivity contribution in [2.45, 2.75) is 66.7 Å². The molecule has 0 rings (SSSR count). The first-order valence-electron chi connectivity index (χ1n) is 7.77. The molecule has 19 heavy (non-hydrogen) atoms. The van der Waals surface area contributed by atoms with Gasteiger partial charge in [0.2, 0.25) is 0 Å². The van der Waals surface area contributed by atoms with Crippen molar-refractivity contribution in [3.8, 4) is 0 Å². The van der Waals surface area contributed by atoms with E-state index in [9.17, 15) is 4.79 Å². The van der Waals surface area contributed by atoms with Gasteiger partial charge in [-0.25, -0.2) is 0 Å². The molecule has 0 aromatic rings. The number of carbonyl (C=O) groups is 1. The summed E-state index contributed by atoms with van der Waals surface area (Å²) in [7, 11) is 0. The van der Waals surface area contributed by atoms with Gasteiger partial charge in [-0.3, -0.25) is 4.79 Å². The van der Waals surface area contributed by atoms with Gasteiger partial charge in [0, 0.05) is 0 Å². The van der Waals surface area contributed by atoms with Crippen molar-refractivity contribution in [2.75, 3.05) is 6.61 Å². The Balaban J connectivity index is 3.72. The zero-order valence-electron chi connectivity index (χ0n) is 13.4. The second-order valence-electron chi connectivity index (χ2n) is 6.08. The van der Waals surface area contributed by atoms with Crippen LogP contribution in [0, 0.1) is 17.8 Å². The van der Waals surface area contributed by atoms with E-state index < -0.39 is 0 Å². The van der Waals surface area contributed by atoms with Crippen LogP contribution >= 0.6 is 0 Å². The van der Waals surface area contributed by atoms with Crippen LogP contribution in [0.3, 0.4) is 0 Å². The average molecular weight is 268 g/mol. The molecule has 0 saturated carbocycles. The Morgan fingerprint density at radius 2 is 1.84 bits per heavy atom. The molecule has 0 heterocycles. The first kappa shape index (κ1) is 18.2. The van der Waals surface area contributed by atoms with E-state index in [1.165, 1.54) is 19.3 Å². The van der Waals surface area contributed by atoms with Crippen LogP contribution in [0.15, 0.2) is 12.2 Å². The molecule has 0 saturated heterocycles. The fraction of sp³-hybridized carbons (Fsp3) is 0.824. The Labute approximate surface area is 119 Å². The quantitative estimate of drug-likeness (QED) is 0.412. The van der Waals surface area contributed by atoms with Crippen molar-refractivity contribution in [1.82, 2.24) is 0 Å². The highest BCUT2D eigenvalue weighted by molar-refractivity contribution is 5.69. The molecule has 2 heteroatoms. The van der Waals surface area contributed by atoms with Crippen LogP contribution in [0.1, 0.15) is 66.7 Å². The predicted octanol–water partition coefficient (Wildman–Crippen LogP) is 4.98. The minimum Gasteiger partial charge on any atom is -0.466 e. The molecule has 2 nitrogen and oxygen atoms in total. The van der Waals surface area contributed by atoms with E-state index in [0.29, 0.717) is 13.0 Å². The summed E-state index contributed by atoms with van der Waals surface area (Å²) in [5.74, 6) is 1.74. The van der Waals surface area contributed by atoms with Crippen molar-refractivity contribution < 1.29 is 9.53 Å². The number of allylic oxidation sites excluding steroid dienone is 2. The van der Waals surface area contributed by atoms with E-state index >= 15 is 0 Å². The highest BCUT2D eigenvalue weighted by Gasteiger charge is 2.07. The van der Waals surface area contributed by atoms with Crippen LogP contribution in [0.2, 0.25) is 0 Å². The van der Waals surface area contributed by atoms with Gasteiger partial charge in [-0.15, -0.1) is 0 Å². The first-order chi connectivity index (χ1) is 8.95. The molecule has 0 aromatic carbocycles. The molecule has 112 valence electrons. The lowest BCUT2D eigenvalue weighted by Gasteiger charge is -2.10. The van der Waals surface area contributed by atoms with Crippen molar-refractivity contribution in [3.05, 3.63) is 12.2 Å². The Morgan fingerprint density at radius 1 is 1.16 bits per heavy atom. The second kappa shape index (κ2) is 11.1. The van der Waals surface area contributed by atoms with Crippen molar-refractivity contribution in [3.63, 3.8) is 0 Å². The van der Waals surface area contributed by atoms with E-state index in [4.69, 9.17) is 4.74 Å². The number of carbonyl (C=O) groups excluding carboxylic acids is 1. The third-order valence-corrected chi connectivity index (χ3v) is 3.28. The minimum atomic E-state index is -0.0929. The summed E-state index contributed by atoms with van der Waals surface area (Å²) >= 11 is 0. The summed E-state index contributed by atoms with van der Waals surface area (Å²) < 4.78 is 4.94. The SMILES string of the molecule is CCOC(=O)C[C@@H](C)/C=C/C[C@H](C)CCCC(C)C. The van der Waals surface area contributed by atoms with Crippen molar-refractivity contribution >= 4 is 5.97 Å². The number of rotatable bonds is 10. The first-order valence-corrected chi connectivity index (χ1v) is 7.77. The van der Waals surface area contributed by atoms with Gasteiger partial charge in [-0.2, -0.15) is 0 Å². The molecular formula is C17H32O2. The summed E-state index contributed by atoms with van der Waals surface area (Å²) in [5, 5.41) is 0. The van der Waals surface area contributed by atoms with Crippen molar-refractivity contribution in [1.29, 1.82) is 0 Å². The van der Waals surface area contributed by atoms with Gasteiger partial charge in [-0.05, 0) is 31.1 Å². The Morgan fingerprint density at radius 3 is 2.42 bits per heavy atom. The maximum atomic E-state index is 11.3. The van der Waals surface area contributed by atoms with E-state index in [1.54, 1.807) is 0 Å². The third-order valence-electron chi connectivity index (χ3n) is 3.28. The van der Waals surface area contributed by atoms with Crippen LogP contribution in [0.5, 0.6) is 0 Å². The molecule has 0 bridgehead atoms. The van der Waals surface area contributed by atoms with Gasteiger partial charge in [0.25, 0.3) is 0 Å². The highest BCUT2D eigenvalue weighted by Crippen LogP contribution is 2.16. The molecule has 0 aromatic heterocycles. The van der Waals surface area contributed by atoms with E-state index in [1.807, 2.05) is 6.92 Å². The lowest BCUT2D eigenvalue weighted by molar-refractivity contribution is -0.143. The average Bonchev–Trinajstić information content (AvgIpc) is 2.28. The van der Waals surface area contributed by atoms with E-state index in [-0.39, 0.29) is 11.9 Å². The highest BCUT2D eigenvalue weighted by atomic mass is 16.5. The fourth-order valence-corrected chi connectivity index (χ4v) is 2.09.